The van der Waals surface area contributed by atoms with Crippen LogP contribution in [-0.4, -0.2) is 72.6 Å². The van der Waals surface area contributed by atoms with Crippen LogP contribution in [0.1, 0.15) is 38.5 Å². The first-order chi connectivity index (χ1) is 15.0. The van der Waals surface area contributed by atoms with Crippen LogP contribution in [0.25, 0.3) is 0 Å². The lowest BCUT2D eigenvalue weighted by molar-refractivity contribution is -0.142. The highest BCUT2D eigenvalue weighted by Crippen LogP contribution is 2.34. The fourth-order valence-corrected chi connectivity index (χ4v) is 5.24. The second-order valence-corrected chi connectivity index (χ2v) is 9.41. The summed E-state index contributed by atoms with van der Waals surface area (Å²) in [5.41, 5.74) is 1.06. The second kappa shape index (κ2) is 9.98. The highest BCUT2D eigenvalue weighted by molar-refractivity contribution is 5.79. The van der Waals surface area contributed by atoms with E-state index in [1.54, 1.807) is 0 Å². The molecule has 0 bridgehead atoms. The molecule has 3 fully saturated rings. The molecule has 1 N–H and O–H groups in total. The molecule has 1 aromatic rings. The van der Waals surface area contributed by atoms with Crippen molar-refractivity contribution in [1.82, 2.24) is 9.80 Å². The Morgan fingerprint density at radius 1 is 0.968 bits per heavy atom. The summed E-state index contributed by atoms with van der Waals surface area (Å²) in [6.45, 7) is 6.05. The van der Waals surface area contributed by atoms with Gasteiger partial charge in [-0.25, -0.2) is 4.39 Å². The van der Waals surface area contributed by atoms with Gasteiger partial charge in [-0.3, -0.25) is 14.5 Å². The number of nitrogens with zero attached hydrogens (tertiary/aromatic N) is 3. The molecule has 1 saturated carbocycles. The van der Waals surface area contributed by atoms with E-state index in [-0.39, 0.29) is 35.9 Å². The normalized spacial score (nSPS) is 25.3. The number of aliphatic carboxylic acids is 1. The molecule has 7 heteroatoms. The monoisotopic (exact) mass is 431 g/mol. The summed E-state index contributed by atoms with van der Waals surface area (Å²) in [4.78, 5) is 30.8. The van der Waals surface area contributed by atoms with Crippen LogP contribution in [0.2, 0.25) is 0 Å². The number of halogens is 1. The van der Waals surface area contributed by atoms with Gasteiger partial charge in [0, 0.05) is 57.3 Å². The fraction of sp³-hybridized carbons (Fsp3) is 0.667. The smallest absolute Gasteiger partial charge is 0.303 e. The number of hydrogen-bond donors (Lipinski definition) is 1. The van der Waals surface area contributed by atoms with E-state index >= 15 is 0 Å². The van der Waals surface area contributed by atoms with Gasteiger partial charge in [0.2, 0.25) is 5.91 Å². The third-order valence-corrected chi connectivity index (χ3v) is 7.47. The summed E-state index contributed by atoms with van der Waals surface area (Å²) in [5, 5.41) is 9.35. The minimum Gasteiger partial charge on any atom is -0.481 e. The van der Waals surface area contributed by atoms with Crippen molar-refractivity contribution in [2.24, 2.45) is 17.8 Å². The van der Waals surface area contributed by atoms with Gasteiger partial charge in [-0.15, -0.1) is 0 Å². The molecule has 2 saturated heterocycles. The molecule has 0 radical (unpaired) electrons. The number of carbonyl (C=O) groups is 2. The van der Waals surface area contributed by atoms with Gasteiger partial charge < -0.3 is 14.9 Å². The van der Waals surface area contributed by atoms with E-state index in [1.165, 1.54) is 12.1 Å². The Balaban J connectivity index is 1.28. The maximum Gasteiger partial charge on any atom is 0.303 e. The van der Waals surface area contributed by atoms with Crippen LogP contribution in [0.15, 0.2) is 24.3 Å². The maximum absolute atomic E-state index is 13.2. The highest BCUT2D eigenvalue weighted by atomic mass is 19.1. The average Bonchev–Trinajstić information content (AvgIpc) is 2.72. The maximum atomic E-state index is 13.2. The zero-order valence-corrected chi connectivity index (χ0v) is 18.2. The number of amides is 1. The molecule has 0 spiro atoms. The van der Waals surface area contributed by atoms with Gasteiger partial charge in [0.25, 0.3) is 0 Å². The number of likely N-dealkylation sites (tertiary alicyclic amines) is 1. The fourth-order valence-electron chi connectivity index (χ4n) is 5.24. The Morgan fingerprint density at radius 2 is 1.68 bits per heavy atom. The first-order valence-electron chi connectivity index (χ1n) is 11.7. The lowest BCUT2D eigenvalue weighted by atomic mass is 9.79. The van der Waals surface area contributed by atoms with Crippen LogP contribution in [0.3, 0.4) is 0 Å². The molecule has 4 rings (SSSR count). The second-order valence-electron chi connectivity index (χ2n) is 9.41. The van der Waals surface area contributed by atoms with Gasteiger partial charge >= 0.3 is 5.97 Å². The summed E-state index contributed by atoms with van der Waals surface area (Å²) < 4.78 is 13.2. The standard InChI is InChI=1S/C24H34FN3O3/c25-21-4-6-22(7-5-21)27-14-12-26(13-15-27)10-8-20-17-28(24(31)18-2-1-3-18)11-9-19(20)16-23(29)30/h4-7,18-20H,1-3,8-17H2,(H,29,30)/t19-,20+/m0/s1. The van der Waals surface area contributed by atoms with Crippen LogP contribution in [0.4, 0.5) is 10.1 Å². The number of rotatable bonds is 7. The minimum atomic E-state index is -0.735. The number of carboxylic acid groups (broad SMARTS) is 1. The van der Waals surface area contributed by atoms with Crippen LogP contribution in [0, 0.1) is 23.6 Å². The van der Waals surface area contributed by atoms with Crippen molar-refractivity contribution in [2.45, 2.75) is 38.5 Å². The Bertz CT molecular complexity index is 760. The first kappa shape index (κ1) is 22.1. The molecule has 2 atom stereocenters. The molecule has 3 aliphatic rings. The van der Waals surface area contributed by atoms with E-state index in [1.807, 2.05) is 17.0 Å². The zero-order valence-electron chi connectivity index (χ0n) is 18.2. The SMILES string of the molecule is O=C(O)C[C@@H]1CCN(C(=O)C2CCC2)C[C@H]1CCN1CCN(c2ccc(F)cc2)CC1. The van der Waals surface area contributed by atoms with Crippen LogP contribution in [-0.2, 0) is 9.59 Å². The lowest BCUT2D eigenvalue weighted by Gasteiger charge is -2.42. The number of carboxylic acids is 1. The predicted octanol–water partition coefficient (Wildman–Crippen LogP) is 3.08. The number of carbonyl (C=O) groups excluding carboxylic acids is 1. The number of benzene rings is 1. The van der Waals surface area contributed by atoms with Crippen molar-refractivity contribution >= 4 is 17.6 Å². The van der Waals surface area contributed by atoms with Gasteiger partial charge in [-0.2, -0.15) is 0 Å². The van der Waals surface area contributed by atoms with Crippen molar-refractivity contribution < 1.29 is 19.1 Å². The molecule has 1 aromatic carbocycles. The molecule has 6 nitrogen and oxygen atoms in total. The number of piperazine rings is 1. The van der Waals surface area contributed by atoms with Crippen molar-refractivity contribution in [1.29, 1.82) is 0 Å². The van der Waals surface area contributed by atoms with Gasteiger partial charge in [0.1, 0.15) is 5.82 Å². The van der Waals surface area contributed by atoms with Crippen LogP contribution < -0.4 is 4.90 Å². The lowest BCUT2D eigenvalue weighted by Crippen LogP contribution is -2.50. The van der Waals surface area contributed by atoms with Crippen molar-refractivity contribution in [2.75, 3.05) is 50.7 Å². The first-order valence-corrected chi connectivity index (χ1v) is 11.7. The van der Waals surface area contributed by atoms with Gasteiger partial charge in [0.15, 0.2) is 0 Å². The van der Waals surface area contributed by atoms with E-state index < -0.39 is 5.97 Å². The van der Waals surface area contributed by atoms with E-state index in [2.05, 4.69) is 9.80 Å². The Labute approximate surface area is 184 Å². The van der Waals surface area contributed by atoms with Gasteiger partial charge in [-0.05, 0) is 68.3 Å². The molecule has 0 aromatic heterocycles. The van der Waals surface area contributed by atoms with E-state index in [4.69, 9.17) is 0 Å². The Hall–Kier alpha value is -2.15. The summed E-state index contributed by atoms with van der Waals surface area (Å²) in [6.07, 6.45) is 5.11. The highest BCUT2D eigenvalue weighted by Gasteiger charge is 2.36. The van der Waals surface area contributed by atoms with Crippen molar-refractivity contribution in [3.8, 4) is 0 Å². The molecule has 170 valence electrons. The number of anilines is 1. The van der Waals surface area contributed by atoms with E-state index in [0.29, 0.717) is 13.1 Å². The summed E-state index contributed by atoms with van der Waals surface area (Å²) in [6, 6.07) is 6.67. The molecule has 1 amide bonds. The summed E-state index contributed by atoms with van der Waals surface area (Å²) >= 11 is 0. The van der Waals surface area contributed by atoms with Crippen LogP contribution in [0.5, 0.6) is 0 Å². The summed E-state index contributed by atoms with van der Waals surface area (Å²) in [7, 11) is 0. The van der Waals surface area contributed by atoms with Gasteiger partial charge in [-0.1, -0.05) is 6.42 Å². The third-order valence-electron chi connectivity index (χ3n) is 7.47. The average molecular weight is 432 g/mol. The Kier molecular flexibility index (Phi) is 7.10. The van der Waals surface area contributed by atoms with Crippen molar-refractivity contribution in [3.05, 3.63) is 30.1 Å². The van der Waals surface area contributed by atoms with E-state index in [9.17, 15) is 19.1 Å². The third kappa shape index (κ3) is 5.56. The minimum absolute atomic E-state index is 0.156. The predicted molar refractivity (Wildman–Crippen MR) is 117 cm³/mol. The molecular weight excluding hydrogens is 397 g/mol. The van der Waals surface area contributed by atoms with Crippen LogP contribution >= 0.6 is 0 Å². The molecule has 2 heterocycles. The molecule has 2 aliphatic heterocycles. The largest absolute Gasteiger partial charge is 0.481 e. The molecule has 31 heavy (non-hydrogen) atoms. The number of hydrogen-bond acceptors (Lipinski definition) is 4. The van der Waals surface area contributed by atoms with Crippen molar-refractivity contribution in [3.63, 3.8) is 0 Å². The molecule has 1 aliphatic carbocycles. The van der Waals surface area contributed by atoms with E-state index in [0.717, 1.165) is 70.5 Å². The topological polar surface area (TPSA) is 64.1 Å². The quantitative estimate of drug-likeness (QED) is 0.719. The summed E-state index contributed by atoms with van der Waals surface area (Å²) in [5.74, 6) is -0.0427. The molecule has 0 unspecified atom stereocenters. The van der Waals surface area contributed by atoms with Gasteiger partial charge in [0.05, 0.1) is 0 Å². The number of piperidine rings is 1. The Morgan fingerprint density at radius 3 is 2.29 bits per heavy atom. The zero-order chi connectivity index (χ0) is 21.8. The molecular formula is C24H34FN3O3.